The van der Waals surface area contributed by atoms with E-state index in [4.69, 9.17) is 11.6 Å². The lowest BCUT2D eigenvalue weighted by Crippen LogP contribution is -2.49. The number of carbonyl (C=O) groups excluding carboxylic acids is 1. The van der Waals surface area contributed by atoms with Crippen LogP contribution in [0.1, 0.15) is 5.69 Å². The van der Waals surface area contributed by atoms with E-state index in [0.29, 0.717) is 45.6 Å². The zero-order chi connectivity index (χ0) is 24.5. The number of aromatic nitrogens is 5. The molecule has 176 valence electrons. The van der Waals surface area contributed by atoms with Crippen LogP contribution in [0.2, 0.25) is 5.02 Å². The number of benzene rings is 1. The molecule has 0 unspecified atom stereocenters. The molecule has 4 heterocycles. The maximum atomic E-state index is 12.5. The maximum absolute atomic E-state index is 12.5. The molecule has 5 rings (SSSR count). The Balaban J connectivity index is 1.55. The van der Waals surface area contributed by atoms with Crippen molar-refractivity contribution in [1.82, 2.24) is 34.9 Å². The Hall–Kier alpha value is -4.07. The van der Waals surface area contributed by atoms with Gasteiger partial charge in [0.15, 0.2) is 11.5 Å². The number of urea groups is 1. The van der Waals surface area contributed by atoms with E-state index in [1.165, 1.54) is 0 Å². The number of rotatable bonds is 5. The molecule has 1 aliphatic heterocycles. The monoisotopic (exact) mass is 487 g/mol. The summed E-state index contributed by atoms with van der Waals surface area (Å²) in [5, 5.41) is 21.1. The number of aryl methyl sites for hydroxylation is 1. The summed E-state index contributed by atoms with van der Waals surface area (Å²) in [6.45, 7) is 2.41. The van der Waals surface area contributed by atoms with Crippen LogP contribution in [-0.4, -0.2) is 62.3 Å². The minimum Gasteiger partial charge on any atom is -0.337 e. The fourth-order valence-corrected chi connectivity index (χ4v) is 4.43. The first-order valence-corrected chi connectivity index (χ1v) is 11.4. The Morgan fingerprint density at radius 2 is 2.06 bits per heavy atom. The van der Waals surface area contributed by atoms with Crippen molar-refractivity contribution in [3.63, 3.8) is 0 Å². The van der Waals surface area contributed by atoms with Crippen molar-refractivity contribution in [3.8, 4) is 28.7 Å². The van der Waals surface area contributed by atoms with Gasteiger partial charge in [0.25, 0.3) is 0 Å². The van der Waals surface area contributed by atoms with Gasteiger partial charge in [0.05, 0.1) is 10.5 Å². The third-order valence-electron chi connectivity index (χ3n) is 5.81. The van der Waals surface area contributed by atoms with Gasteiger partial charge in [-0.2, -0.15) is 10.4 Å². The molecule has 1 aliphatic rings. The Morgan fingerprint density at radius 3 is 2.77 bits per heavy atom. The standard InChI is InChI=1S/C24H22ClN9O/c1-33-12-14(13-33)11-28-24(35)31-23-19(10-26)29-21(22(30-23)18-5-7-34(2)32-18)16-8-15-4-3-6-27-20(15)17(25)9-16/h3-9,14H,11-13H2,1-2H3,(H2,28,30,31,35). The van der Waals surface area contributed by atoms with Crippen molar-refractivity contribution in [2.24, 2.45) is 13.0 Å². The number of likely N-dealkylation sites (tertiary alicyclic amines) is 1. The van der Waals surface area contributed by atoms with E-state index in [1.807, 2.05) is 31.3 Å². The number of halogens is 1. The lowest BCUT2D eigenvalue weighted by atomic mass is 10.0. The molecule has 11 heteroatoms. The first kappa shape index (κ1) is 22.7. The summed E-state index contributed by atoms with van der Waals surface area (Å²) in [6.07, 6.45) is 3.46. The average Bonchev–Trinajstić information content (AvgIpc) is 3.27. The Kier molecular flexibility index (Phi) is 6.03. The van der Waals surface area contributed by atoms with Gasteiger partial charge in [0.1, 0.15) is 23.2 Å². The molecule has 1 aromatic carbocycles. The number of pyridine rings is 1. The fraction of sp³-hybridized carbons (Fsp3) is 0.250. The lowest BCUT2D eigenvalue weighted by molar-refractivity contribution is 0.134. The fourth-order valence-electron chi connectivity index (χ4n) is 4.15. The average molecular weight is 488 g/mol. The van der Waals surface area contributed by atoms with E-state index < -0.39 is 6.03 Å². The molecule has 3 aromatic heterocycles. The molecule has 1 saturated heterocycles. The van der Waals surface area contributed by atoms with Crippen LogP contribution in [0.15, 0.2) is 42.7 Å². The second-order valence-corrected chi connectivity index (χ2v) is 8.97. The Labute approximate surface area is 206 Å². The molecule has 0 bridgehead atoms. The van der Waals surface area contributed by atoms with Crippen molar-refractivity contribution in [2.45, 2.75) is 0 Å². The van der Waals surface area contributed by atoms with Crippen molar-refractivity contribution >= 4 is 34.4 Å². The number of hydrogen-bond donors (Lipinski definition) is 2. The Bertz CT molecular complexity index is 1470. The highest BCUT2D eigenvalue weighted by Crippen LogP contribution is 2.34. The molecule has 2 amide bonds. The molecule has 10 nitrogen and oxygen atoms in total. The summed E-state index contributed by atoms with van der Waals surface area (Å²) in [4.78, 5) is 28.3. The quantitative estimate of drug-likeness (QED) is 0.442. The zero-order valence-electron chi connectivity index (χ0n) is 19.2. The molecule has 0 radical (unpaired) electrons. The molecule has 0 saturated carbocycles. The molecule has 0 atom stereocenters. The number of fused-ring (bicyclic) bond motifs is 1. The first-order valence-electron chi connectivity index (χ1n) is 11.0. The van der Waals surface area contributed by atoms with Gasteiger partial charge in [0.2, 0.25) is 0 Å². The van der Waals surface area contributed by atoms with Gasteiger partial charge in [-0.05, 0) is 31.3 Å². The van der Waals surface area contributed by atoms with Crippen LogP contribution in [0.4, 0.5) is 10.6 Å². The van der Waals surface area contributed by atoms with Gasteiger partial charge in [-0.1, -0.05) is 17.7 Å². The number of nitrogens with one attached hydrogen (secondary N) is 2. The number of anilines is 1. The number of hydrogen-bond acceptors (Lipinski definition) is 7. The SMILES string of the molecule is CN1CC(CNC(=O)Nc2nc(-c3ccn(C)n3)c(-c3cc(Cl)c4ncccc4c3)nc2C#N)C1. The summed E-state index contributed by atoms with van der Waals surface area (Å²) in [5.41, 5.74) is 2.70. The largest absolute Gasteiger partial charge is 0.337 e. The van der Waals surface area contributed by atoms with Crippen LogP contribution in [0, 0.1) is 17.2 Å². The van der Waals surface area contributed by atoms with Gasteiger partial charge in [-0.3, -0.25) is 15.0 Å². The minimum absolute atomic E-state index is 0.0133. The summed E-state index contributed by atoms with van der Waals surface area (Å²) in [7, 11) is 3.83. The summed E-state index contributed by atoms with van der Waals surface area (Å²) in [5.74, 6) is 0.472. The van der Waals surface area contributed by atoms with E-state index in [-0.39, 0.29) is 11.5 Å². The predicted octanol–water partition coefficient (Wildman–Crippen LogP) is 3.30. The molecule has 1 fully saturated rings. The van der Waals surface area contributed by atoms with Gasteiger partial charge in [-0.15, -0.1) is 0 Å². The molecule has 0 spiro atoms. The number of carbonyl (C=O) groups is 1. The van der Waals surface area contributed by atoms with Crippen molar-refractivity contribution < 1.29 is 4.79 Å². The van der Waals surface area contributed by atoms with Crippen molar-refractivity contribution in [2.75, 3.05) is 32.0 Å². The predicted molar refractivity (Wildman–Crippen MR) is 133 cm³/mol. The lowest BCUT2D eigenvalue weighted by Gasteiger charge is -2.36. The van der Waals surface area contributed by atoms with Crippen molar-refractivity contribution in [3.05, 3.63) is 53.4 Å². The van der Waals surface area contributed by atoms with Crippen LogP contribution >= 0.6 is 11.6 Å². The minimum atomic E-state index is -0.440. The van der Waals surface area contributed by atoms with E-state index >= 15 is 0 Å². The van der Waals surface area contributed by atoms with Crippen LogP contribution in [0.3, 0.4) is 0 Å². The third kappa shape index (κ3) is 4.64. The Morgan fingerprint density at radius 1 is 1.23 bits per heavy atom. The van der Waals surface area contributed by atoms with E-state index in [0.717, 1.165) is 18.5 Å². The normalized spacial score (nSPS) is 13.9. The molecule has 35 heavy (non-hydrogen) atoms. The molecule has 0 aliphatic carbocycles. The number of amides is 2. The zero-order valence-corrected chi connectivity index (χ0v) is 19.9. The smallest absolute Gasteiger partial charge is 0.320 e. The van der Waals surface area contributed by atoms with Crippen LogP contribution in [-0.2, 0) is 7.05 Å². The molecule has 2 N–H and O–H groups in total. The topological polar surface area (TPSA) is 125 Å². The highest BCUT2D eigenvalue weighted by atomic mass is 35.5. The highest BCUT2D eigenvalue weighted by Gasteiger charge is 2.24. The number of nitriles is 1. The van der Waals surface area contributed by atoms with E-state index in [2.05, 4.69) is 35.6 Å². The second kappa shape index (κ2) is 9.29. The van der Waals surface area contributed by atoms with Crippen molar-refractivity contribution in [1.29, 1.82) is 5.26 Å². The van der Waals surface area contributed by atoms with Crippen LogP contribution in [0.5, 0.6) is 0 Å². The number of nitrogens with zero attached hydrogens (tertiary/aromatic N) is 7. The third-order valence-corrected chi connectivity index (χ3v) is 6.10. The maximum Gasteiger partial charge on any atom is 0.320 e. The van der Waals surface area contributed by atoms with Gasteiger partial charge >= 0.3 is 6.03 Å². The second-order valence-electron chi connectivity index (χ2n) is 8.56. The van der Waals surface area contributed by atoms with E-state index in [1.54, 1.807) is 36.3 Å². The summed E-state index contributed by atoms with van der Waals surface area (Å²) < 4.78 is 1.64. The summed E-state index contributed by atoms with van der Waals surface area (Å²) in [6, 6.07) is 10.7. The van der Waals surface area contributed by atoms with Gasteiger partial charge < -0.3 is 10.2 Å². The highest BCUT2D eigenvalue weighted by molar-refractivity contribution is 6.35. The van der Waals surface area contributed by atoms with Crippen LogP contribution < -0.4 is 10.6 Å². The van der Waals surface area contributed by atoms with Gasteiger partial charge in [-0.25, -0.2) is 14.8 Å². The summed E-state index contributed by atoms with van der Waals surface area (Å²) >= 11 is 6.51. The van der Waals surface area contributed by atoms with E-state index in [9.17, 15) is 10.1 Å². The first-order chi connectivity index (χ1) is 16.9. The molecular weight excluding hydrogens is 466 g/mol. The molecular formula is C24H22ClN9O. The molecule has 4 aromatic rings. The van der Waals surface area contributed by atoms with Gasteiger partial charge in [0, 0.05) is 55.9 Å². The van der Waals surface area contributed by atoms with Crippen LogP contribution in [0.25, 0.3) is 33.5 Å².